The minimum absolute atomic E-state index is 0.0548. The fourth-order valence-corrected chi connectivity index (χ4v) is 2.37. The Morgan fingerprint density at radius 3 is 3.14 bits per heavy atom. The van der Waals surface area contributed by atoms with E-state index in [1.807, 2.05) is 43.3 Å². The molecular formula is C17H19N3O2. The maximum atomic E-state index is 12.2. The summed E-state index contributed by atoms with van der Waals surface area (Å²) in [5.41, 5.74) is 2.48. The summed E-state index contributed by atoms with van der Waals surface area (Å²) in [6.07, 6.45) is 1.89. The number of ether oxygens (including phenoxy) is 1. The molecule has 0 saturated heterocycles. The molecule has 2 heterocycles. The summed E-state index contributed by atoms with van der Waals surface area (Å²) in [6.45, 7) is 3.63. The molecule has 0 radical (unpaired) electrons. The lowest BCUT2D eigenvalue weighted by Gasteiger charge is -2.25. The van der Waals surface area contributed by atoms with E-state index in [-0.39, 0.29) is 18.4 Å². The standard InChI is InChI=1S/C17H19N3O2/c1-12-9-20-15-8-13(5-6-17(15)22-12)16(21)11-18-10-14-4-2-3-7-19-14/h2-8,12,18,20H,9-11H2,1H3. The van der Waals surface area contributed by atoms with Crippen molar-refractivity contribution < 1.29 is 9.53 Å². The molecule has 2 N–H and O–H groups in total. The number of ketones is 1. The zero-order valence-corrected chi connectivity index (χ0v) is 12.5. The van der Waals surface area contributed by atoms with Crippen molar-refractivity contribution in [2.75, 3.05) is 18.4 Å². The van der Waals surface area contributed by atoms with Gasteiger partial charge < -0.3 is 15.4 Å². The predicted octanol–water partition coefficient (Wildman–Crippen LogP) is 2.25. The van der Waals surface area contributed by atoms with Crippen LogP contribution in [0.5, 0.6) is 5.75 Å². The Labute approximate surface area is 129 Å². The second-order valence-electron chi connectivity index (χ2n) is 5.37. The van der Waals surface area contributed by atoms with E-state index in [1.165, 1.54) is 0 Å². The Balaban J connectivity index is 1.58. The highest BCUT2D eigenvalue weighted by atomic mass is 16.5. The summed E-state index contributed by atoms with van der Waals surface area (Å²) < 4.78 is 5.71. The molecule has 1 aliphatic rings. The van der Waals surface area contributed by atoms with E-state index in [0.717, 1.165) is 23.7 Å². The molecule has 0 amide bonds. The van der Waals surface area contributed by atoms with Crippen LogP contribution >= 0.6 is 0 Å². The number of pyridine rings is 1. The quantitative estimate of drug-likeness (QED) is 0.829. The van der Waals surface area contributed by atoms with Crippen LogP contribution < -0.4 is 15.4 Å². The first-order valence-electron chi connectivity index (χ1n) is 7.41. The smallest absolute Gasteiger partial charge is 0.176 e. The Kier molecular flexibility index (Phi) is 4.34. The molecular weight excluding hydrogens is 278 g/mol. The van der Waals surface area contributed by atoms with Gasteiger partial charge in [0.15, 0.2) is 5.78 Å². The van der Waals surface area contributed by atoms with Crippen LogP contribution in [0.4, 0.5) is 5.69 Å². The van der Waals surface area contributed by atoms with Crippen LogP contribution in [0.2, 0.25) is 0 Å². The summed E-state index contributed by atoms with van der Waals surface area (Å²) in [4.78, 5) is 16.4. The number of hydrogen-bond acceptors (Lipinski definition) is 5. The Morgan fingerprint density at radius 1 is 1.41 bits per heavy atom. The van der Waals surface area contributed by atoms with E-state index < -0.39 is 0 Å². The van der Waals surface area contributed by atoms with Crippen LogP contribution in [0.1, 0.15) is 23.0 Å². The van der Waals surface area contributed by atoms with Crippen molar-refractivity contribution >= 4 is 11.5 Å². The number of aromatic nitrogens is 1. The molecule has 0 bridgehead atoms. The SMILES string of the molecule is CC1CNc2cc(C(=O)CNCc3ccccn3)ccc2O1. The number of Topliss-reactive ketones (excluding diaryl/α,β-unsaturated/α-hetero) is 1. The summed E-state index contributed by atoms with van der Waals surface area (Å²) in [5.74, 6) is 0.857. The second kappa shape index (κ2) is 6.58. The summed E-state index contributed by atoms with van der Waals surface area (Å²) in [6, 6.07) is 11.2. The van der Waals surface area contributed by atoms with Gasteiger partial charge in [0.1, 0.15) is 11.9 Å². The molecule has 0 fully saturated rings. The number of hydrogen-bond donors (Lipinski definition) is 2. The maximum absolute atomic E-state index is 12.2. The van der Waals surface area contributed by atoms with Crippen LogP contribution in [0, 0.1) is 0 Å². The van der Waals surface area contributed by atoms with Crippen molar-refractivity contribution in [3.05, 3.63) is 53.9 Å². The number of rotatable bonds is 5. The van der Waals surface area contributed by atoms with Gasteiger partial charge in [-0.25, -0.2) is 0 Å². The van der Waals surface area contributed by atoms with E-state index in [9.17, 15) is 4.79 Å². The number of nitrogens with zero attached hydrogens (tertiary/aromatic N) is 1. The van der Waals surface area contributed by atoms with Gasteiger partial charge in [0, 0.05) is 18.3 Å². The zero-order chi connectivity index (χ0) is 15.4. The molecule has 114 valence electrons. The minimum Gasteiger partial charge on any atom is -0.487 e. The lowest BCUT2D eigenvalue weighted by atomic mass is 10.1. The first-order chi connectivity index (χ1) is 10.7. The zero-order valence-electron chi connectivity index (χ0n) is 12.5. The lowest BCUT2D eigenvalue weighted by molar-refractivity contribution is 0.0990. The van der Waals surface area contributed by atoms with Gasteiger partial charge in [0.05, 0.1) is 24.5 Å². The highest BCUT2D eigenvalue weighted by molar-refractivity contribution is 5.98. The van der Waals surface area contributed by atoms with E-state index >= 15 is 0 Å². The predicted molar refractivity (Wildman–Crippen MR) is 85.3 cm³/mol. The molecule has 0 saturated carbocycles. The van der Waals surface area contributed by atoms with E-state index in [4.69, 9.17) is 4.74 Å². The molecule has 1 aromatic heterocycles. The van der Waals surface area contributed by atoms with Gasteiger partial charge in [-0.1, -0.05) is 6.07 Å². The first kappa shape index (κ1) is 14.5. The van der Waals surface area contributed by atoms with Gasteiger partial charge >= 0.3 is 0 Å². The third-order valence-electron chi connectivity index (χ3n) is 3.53. The second-order valence-corrected chi connectivity index (χ2v) is 5.37. The average Bonchev–Trinajstić information content (AvgIpc) is 2.55. The van der Waals surface area contributed by atoms with Crippen LogP contribution in [-0.2, 0) is 6.54 Å². The molecule has 1 aromatic carbocycles. The van der Waals surface area contributed by atoms with E-state index in [1.54, 1.807) is 6.20 Å². The largest absolute Gasteiger partial charge is 0.487 e. The van der Waals surface area contributed by atoms with Gasteiger partial charge in [0.25, 0.3) is 0 Å². The van der Waals surface area contributed by atoms with Crippen molar-refractivity contribution in [3.63, 3.8) is 0 Å². The van der Waals surface area contributed by atoms with Gasteiger partial charge in [0.2, 0.25) is 0 Å². The fraction of sp³-hybridized carbons (Fsp3) is 0.294. The van der Waals surface area contributed by atoms with Gasteiger partial charge in [-0.3, -0.25) is 9.78 Å². The van der Waals surface area contributed by atoms with Gasteiger partial charge in [-0.2, -0.15) is 0 Å². The molecule has 1 aliphatic heterocycles. The van der Waals surface area contributed by atoms with Crippen LogP contribution in [0.3, 0.4) is 0 Å². The molecule has 0 aliphatic carbocycles. The van der Waals surface area contributed by atoms with Crippen molar-refractivity contribution in [3.8, 4) is 5.75 Å². The molecule has 1 unspecified atom stereocenters. The molecule has 1 atom stereocenters. The van der Waals surface area contributed by atoms with Crippen molar-refractivity contribution in [2.24, 2.45) is 0 Å². The Bertz CT molecular complexity index is 658. The monoisotopic (exact) mass is 297 g/mol. The molecule has 5 heteroatoms. The Hall–Kier alpha value is -2.40. The van der Waals surface area contributed by atoms with Crippen LogP contribution in [0.15, 0.2) is 42.6 Å². The number of carbonyl (C=O) groups excluding carboxylic acids is 1. The third kappa shape index (κ3) is 3.43. The number of nitrogens with one attached hydrogen (secondary N) is 2. The number of fused-ring (bicyclic) bond motifs is 1. The van der Waals surface area contributed by atoms with Crippen molar-refractivity contribution in [2.45, 2.75) is 19.6 Å². The number of benzene rings is 1. The van der Waals surface area contributed by atoms with Crippen molar-refractivity contribution in [1.82, 2.24) is 10.3 Å². The highest BCUT2D eigenvalue weighted by Crippen LogP contribution is 2.29. The molecule has 0 spiro atoms. The molecule has 5 nitrogen and oxygen atoms in total. The van der Waals surface area contributed by atoms with Gasteiger partial charge in [-0.15, -0.1) is 0 Å². The van der Waals surface area contributed by atoms with Gasteiger partial charge in [-0.05, 0) is 37.3 Å². The number of carbonyl (C=O) groups is 1. The van der Waals surface area contributed by atoms with E-state index in [0.29, 0.717) is 12.1 Å². The number of anilines is 1. The lowest BCUT2D eigenvalue weighted by Crippen LogP contribution is -2.28. The highest BCUT2D eigenvalue weighted by Gasteiger charge is 2.17. The normalized spacial score (nSPS) is 16.3. The molecule has 2 aromatic rings. The first-order valence-corrected chi connectivity index (χ1v) is 7.41. The third-order valence-corrected chi connectivity index (χ3v) is 3.53. The molecule has 3 rings (SSSR count). The topological polar surface area (TPSA) is 63.2 Å². The summed E-state index contributed by atoms with van der Waals surface area (Å²) in [7, 11) is 0. The Morgan fingerprint density at radius 2 is 2.32 bits per heavy atom. The van der Waals surface area contributed by atoms with Crippen molar-refractivity contribution in [1.29, 1.82) is 0 Å². The average molecular weight is 297 g/mol. The summed E-state index contributed by atoms with van der Waals surface area (Å²) >= 11 is 0. The van der Waals surface area contributed by atoms with E-state index in [2.05, 4.69) is 15.6 Å². The van der Waals surface area contributed by atoms with Crippen LogP contribution in [-0.4, -0.2) is 30.0 Å². The maximum Gasteiger partial charge on any atom is 0.176 e. The minimum atomic E-state index is 0.0548. The summed E-state index contributed by atoms with van der Waals surface area (Å²) in [5, 5.41) is 6.41. The fourth-order valence-electron chi connectivity index (χ4n) is 2.37. The van der Waals surface area contributed by atoms with Crippen LogP contribution in [0.25, 0.3) is 0 Å². The molecule has 22 heavy (non-hydrogen) atoms.